The van der Waals surface area contributed by atoms with Crippen molar-refractivity contribution in [3.05, 3.63) is 71.5 Å². The van der Waals surface area contributed by atoms with Crippen LogP contribution in [0.3, 0.4) is 0 Å². The van der Waals surface area contributed by atoms with Crippen LogP contribution in [0.15, 0.2) is 48.5 Å². The number of imidazole rings is 2. The van der Waals surface area contributed by atoms with E-state index in [1.807, 2.05) is 31.0 Å². The van der Waals surface area contributed by atoms with E-state index in [1.165, 1.54) is 7.11 Å². The molecular formula is C44H57F2N9O5. The van der Waals surface area contributed by atoms with Crippen LogP contribution in [0.25, 0.3) is 33.3 Å². The van der Waals surface area contributed by atoms with Gasteiger partial charge in [-0.05, 0) is 67.4 Å². The molecule has 1 aliphatic carbocycles. The van der Waals surface area contributed by atoms with Crippen LogP contribution in [-0.2, 0) is 19.1 Å². The Hall–Kier alpha value is -4.90. The molecule has 0 radical (unpaired) electrons. The van der Waals surface area contributed by atoms with Gasteiger partial charge in [0.15, 0.2) is 6.23 Å². The van der Waals surface area contributed by atoms with Crippen molar-refractivity contribution in [3.8, 4) is 11.3 Å². The van der Waals surface area contributed by atoms with Crippen LogP contribution in [0, 0.1) is 11.8 Å². The highest BCUT2D eigenvalue weighted by Gasteiger charge is 2.50. The number of nitrogens with zero attached hydrogens (tertiary/aromatic N) is 5. The van der Waals surface area contributed by atoms with E-state index < -0.39 is 49.3 Å². The Kier molecular flexibility index (Phi) is 11.5. The number of alkyl halides is 2. The first-order chi connectivity index (χ1) is 28.7. The third-order valence-electron chi connectivity index (χ3n) is 12.5. The fourth-order valence-electron chi connectivity index (χ4n) is 9.21. The Morgan fingerprint density at radius 3 is 2.48 bits per heavy atom. The van der Waals surface area contributed by atoms with Crippen molar-refractivity contribution < 1.29 is 33.0 Å². The van der Waals surface area contributed by atoms with Gasteiger partial charge in [-0.1, -0.05) is 47.1 Å². The molecule has 16 heteroatoms. The minimum absolute atomic E-state index is 0.0300. The standard InChI is InChI=1S/C44H57F2N9O5/c1-7-9-36-55-31-14-12-25(29-20-49-40(51-29)34-19-44(45,46)22-54(34)42(57)38(24(4)5)52-43(58)59-6)16-27(31)17-33(55)28-13-11-26(18-35(28)60-36)30-21-48-39(50-30)32-10-8-15-53(32)41(56)37(47)23(2)3/h12,14,16-18,20-21,23-24,32,34,36-38,43,52,58H,7-11,13,15,19,22,47H2,1-6H3,(H,48,50)(H,49,51). The number of benzene rings is 1. The molecule has 6 N–H and O–H groups in total. The monoisotopic (exact) mass is 829 g/mol. The summed E-state index contributed by atoms with van der Waals surface area (Å²) in [5.74, 6) is -2.06. The molecule has 2 fully saturated rings. The van der Waals surface area contributed by atoms with Crippen LogP contribution < -0.4 is 11.1 Å². The van der Waals surface area contributed by atoms with Gasteiger partial charge in [-0.3, -0.25) is 14.9 Å². The van der Waals surface area contributed by atoms with E-state index in [9.17, 15) is 23.5 Å². The second-order valence-electron chi connectivity index (χ2n) is 17.4. The number of aromatic nitrogens is 5. The summed E-state index contributed by atoms with van der Waals surface area (Å²) in [5, 5.41) is 13.7. The molecule has 4 aliphatic rings. The third-order valence-corrected chi connectivity index (χ3v) is 12.5. The molecule has 6 atom stereocenters. The number of methoxy groups -OCH3 is 1. The minimum Gasteiger partial charge on any atom is -0.470 e. The maximum Gasteiger partial charge on any atom is 0.267 e. The number of rotatable bonds is 13. The number of nitrogens with one attached hydrogen (secondary N) is 3. The Balaban J connectivity index is 1.06. The molecule has 0 saturated carbocycles. The predicted octanol–water partition coefficient (Wildman–Crippen LogP) is 6.76. The summed E-state index contributed by atoms with van der Waals surface area (Å²) in [7, 11) is 1.28. The number of halogens is 2. The number of hydrogen-bond acceptors (Lipinski definition) is 9. The molecule has 8 rings (SSSR count). The molecule has 2 amide bonds. The number of ether oxygens (including phenoxy) is 2. The highest BCUT2D eigenvalue weighted by atomic mass is 19.3. The quantitative estimate of drug-likeness (QED) is 0.0911. The van der Waals surface area contributed by atoms with Crippen LogP contribution >= 0.6 is 0 Å². The summed E-state index contributed by atoms with van der Waals surface area (Å²) < 4.78 is 43.9. The van der Waals surface area contributed by atoms with Crippen LogP contribution in [0.2, 0.25) is 0 Å². The molecule has 3 aromatic heterocycles. The van der Waals surface area contributed by atoms with Crippen LogP contribution in [0.5, 0.6) is 0 Å². The first-order valence-electron chi connectivity index (χ1n) is 21.3. The van der Waals surface area contributed by atoms with Crippen LogP contribution in [0.4, 0.5) is 8.78 Å². The summed E-state index contributed by atoms with van der Waals surface area (Å²) in [5.41, 5.74) is 13.0. The summed E-state index contributed by atoms with van der Waals surface area (Å²) in [6.07, 6.45) is 8.40. The molecule has 2 saturated heterocycles. The average Bonchev–Trinajstić information content (AvgIpc) is 4.07. The summed E-state index contributed by atoms with van der Waals surface area (Å²) in [6.45, 7) is 9.54. The van der Waals surface area contributed by atoms with E-state index in [-0.39, 0.29) is 35.8 Å². The zero-order valence-electron chi connectivity index (χ0n) is 35.2. The Labute approximate surface area is 348 Å². The number of aromatic amines is 2. The van der Waals surface area contributed by atoms with E-state index in [0.29, 0.717) is 12.2 Å². The van der Waals surface area contributed by atoms with Crippen molar-refractivity contribution in [2.45, 2.75) is 122 Å². The highest BCUT2D eigenvalue weighted by molar-refractivity contribution is 5.91. The van der Waals surface area contributed by atoms with Gasteiger partial charge in [-0.25, -0.2) is 18.7 Å². The molecular weight excluding hydrogens is 773 g/mol. The molecule has 60 heavy (non-hydrogen) atoms. The number of likely N-dealkylation sites (tertiary alicyclic amines) is 2. The average molecular weight is 830 g/mol. The predicted molar refractivity (Wildman–Crippen MR) is 223 cm³/mol. The molecule has 0 spiro atoms. The van der Waals surface area contributed by atoms with E-state index in [2.05, 4.69) is 56.0 Å². The van der Waals surface area contributed by atoms with E-state index in [0.717, 1.165) is 94.0 Å². The minimum atomic E-state index is -3.11. The summed E-state index contributed by atoms with van der Waals surface area (Å²) >= 11 is 0. The number of H-pyrrole nitrogens is 2. The van der Waals surface area contributed by atoms with Gasteiger partial charge in [0, 0.05) is 43.0 Å². The number of allylic oxidation sites excluding steroid dienone is 3. The van der Waals surface area contributed by atoms with Gasteiger partial charge in [0.2, 0.25) is 18.2 Å². The number of amides is 2. The van der Waals surface area contributed by atoms with Crippen molar-refractivity contribution >= 4 is 33.9 Å². The van der Waals surface area contributed by atoms with E-state index >= 15 is 0 Å². The molecule has 1 aromatic carbocycles. The number of fused-ring (bicyclic) bond motifs is 4. The van der Waals surface area contributed by atoms with Crippen LogP contribution in [0.1, 0.15) is 121 Å². The van der Waals surface area contributed by atoms with Gasteiger partial charge in [-0.2, -0.15) is 0 Å². The van der Waals surface area contributed by atoms with Gasteiger partial charge in [0.05, 0.1) is 65.7 Å². The fraction of sp³-hybridized carbons (Fsp3) is 0.545. The van der Waals surface area contributed by atoms with Crippen molar-refractivity contribution in [2.24, 2.45) is 17.6 Å². The molecule has 14 nitrogen and oxygen atoms in total. The molecule has 3 aliphatic heterocycles. The lowest BCUT2D eigenvalue weighted by Gasteiger charge is -2.33. The number of carbonyl (C=O) groups is 2. The lowest BCUT2D eigenvalue weighted by atomic mass is 9.92. The van der Waals surface area contributed by atoms with Gasteiger partial charge in [0.1, 0.15) is 17.4 Å². The number of aliphatic hydroxyl groups excluding tert-OH is 1. The topological polar surface area (TPSA) is 180 Å². The van der Waals surface area contributed by atoms with E-state index in [1.54, 1.807) is 20.0 Å². The Bertz CT molecular complexity index is 2310. The Morgan fingerprint density at radius 1 is 1.03 bits per heavy atom. The smallest absolute Gasteiger partial charge is 0.267 e. The first kappa shape index (κ1) is 41.8. The number of hydrogen-bond donors (Lipinski definition) is 5. The lowest BCUT2D eigenvalue weighted by Crippen LogP contribution is -2.53. The first-order valence-corrected chi connectivity index (χ1v) is 21.3. The van der Waals surface area contributed by atoms with Gasteiger partial charge >= 0.3 is 0 Å². The van der Waals surface area contributed by atoms with Crippen molar-refractivity contribution in [1.82, 2.24) is 39.6 Å². The maximum absolute atomic E-state index is 15.0. The highest BCUT2D eigenvalue weighted by Crippen LogP contribution is 2.46. The summed E-state index contributed by atoms with van der Waals surface area (Å²) in [6, 6.07) is 5.71. The molecule has 4 aromatic rings. The van der Waals surface area contributed by atoms with Crippen molar-refractivity contribution in [2.75, 3.05) is 20.2 Å². The van der Waals surface area contributed by atoms with Crippen molar-refractivity contribution in [3.63, 3.8) is 0 Å². The third kappa shape index (κ3) is 7.78. The van der Waals surface area contributed by atoms with E-state index in [4.69, 9.17) is 20.2 Å². The molecule has 0 bridgehead atoms. The fourth-order valence-corrected chi connectivity index (χ4v) is 9.21. The largest absolute Gasteiger partial charge is 0.470 e. The Morgan fingerprint density at radius 2 is 1.77 bits per heavy atom. The SMILES string of the molecule is CCCC1OC2=C(CCC(c3cnc(C4CCCN4C(=O)C(N)C(C)C)[nH]3)=C2)c2cc3cc(-c4cnc(C5CC(F)(F)CN5C(=O)C(NC(O)OC)C(C)C)[nH]4)ccc3n21. The van der Waals surface area contributed by atoms with Crippen LogP contribution in [-0.4, -0.2) is 95.8 Å². The lowest BCUT2D eigenvalue weighted by molar-refractivity contribution is -0.146. The van der Waals surface area contributed by atoms with Gasteiger partial charge < -0.3 is 44.6 Å². The zero-order chi connectivity index (χ0) is 42.6. The summed E-state index contributed by atoms with van der Waals surface area (Å²) in [4.78, 5) is 46.0. The maximum atomic E-state index is 15.0. The molecule has 6 unspecified atom stereocenters. The second kappa shape index (κ2) is 16.5. The molecule has 322 valence electrons. The number of carbonyl (C=O) groups excluding carboxylic acids is 2. The van der Waals surface area contributed by atoms with Crippen molar-refractivity contribution in [1.29, 1.82) is 0 Å². The number of aliphatic hydroxyl groups is 1. The number of nitrogens with two attached hydrogens (primary N) is 1. The van der Waals surface area contributed by atoms with Gasteiger partial charge in [-0.15, -0.1) is 0 Å². The zero-order valence-corrected chi connectivity index (χ0v) is 35.2. The normalized spacial score (nSPS) is 22.9. The second-order valence-corrected chi connectivity index (χ2v) is 17.4. The molecule has 6 heterocycles. The van der Waals surface area contributed by atoms with Gasteiger partial charge in [0.25, 0.3) is 5.92 Å².